The third-order valence-corrected chi connectivity index (χ3v) is 6.21. The van der Waals surface area contributed by atoms with Gasteiger partial charge in [-0.2, -0.15) is 0 Å². The number of carboxylic acid groups (broad SMARTS) is 1. The van der Waals surface area contributed by atoms with Gasteiger partial charge in [-0.15, -0.1) is 0 Å². The van der Waals surface area contributed by atoms with Crippen molar-refractivity contribution >= 4 is 5.97 Å². The molecule has 0 saturated heterocycles. The highest BCUT2D eigenvalue weighted by Crippen LogP contribution is 2.56. The van der Waals surface area contributed by atoms with Crippen LogP contribution in [-0.2, 0) is 16.6 Å². The zero-order valence-corrected chi connectivity index (χ0v) is 14.8. The van der Waals surface area contributed by atoms with Gasteiger partial charge >= 0.3 is 5.97 Å². The summed E-state index contributed by atoms with van der Waals surface area (Å²) >= 11 is 0. The first kappa shape index (κ1) is 16.9. The third-order valence-electron chi connectivity index (χ3n) is 6.21. The molecule has 1 aromatic rings. The minimum absolute atomic E-state index is 0.0973. The summed E-state index contributed by atoms with van der Waals surface area (Å²) in [6, 6.07) is 1.69. The number of benzene rings is 1. The van der Waals surface area contributed by atoms with E-state index in [1.165, 1.54) is 0 Å². The predicted octanol–water partition coefficient (Wildman–Crippen LogP) is 4.24. The second kappa shape index (κ2) is 5.54. The van der Waals surface area contributed by atoms with Crippen LogP contribution in [0, 0.1) is 5.92 Å². The summed E-state index contributed by atoms with van der Waals surface area (Å²) in [4.78, 5) is 11.5. The number of carboxylic acids is 1. The molecule has 3 rings (SSSR count). The van der Waals surface area contributed by atoms with Gasteiger partial charge in [-0.25, -0.2) is 4.79 Å². The second-order valence-corrected chi connectivity index (χ2v) is 7.82. The number of hydrogen-bond donors (Lipinski definition) is 3. The fourth-order valence-corrected chi connectivity index (χ4v) is 4.90. The maximum atomic E-state index is 11.5. The number of carbonyl (C=O) groups is 1. The largest absolute Gasteiger partial charge is 0.508 e. The van der Waals surface area contributed by atoms with Gasteiger partial charge in [-0.05, 0) is 50.5 Å². The lowest BCUT2D eigenvalue weighted by molar-refractivity contribution is -0.133. The number of allylic oxidation sites excluding steroid dienone is 1. The fraction of sp³-hybridized carbons (Fsp3) is 0.550. The molecule has 1 aromatic carbocycles. The van der Waals surface area contributed by atoms with E-state index in [1.807, 2.05) is 20.8 Å². The number of aromatic hydroxyl groups is 2. The van der Waals surface area contributed by atoms with Crippen LogP contribution >= 0.6 is 0 Å². The average Bonchev–Trinajstić information content (AvgIpc) is 2.49. The monoisotopic (exact) mass is 330 g/mol. The van der Waals surface area contributed by atoms with Gasteiger partial charge in [-0.3, -0.25) is 0 Å². The lowest BCUT2D eigenvalue weighted by atomic mass is 9.56. The van der Waals surface area contributed by atoms with E-state index in [1.54, 1.807) is 6.07 Å². The number of aliphatic carboxylic acids is 1. The molecule has 0 bridgehead atoms. The van der Waals surface area contributed by atoms with Gasteiger partial charge < -0.3 is 15.3 Å². The van der Waals surface area contributed by atoms with E-state index in [0.717, 1.165) is 28.7 Å². The molecule has 3 N–H and O–H groups in total. The molecule has 0 fully saturated rings. The first-order valence-corrected chi connectivity index (χ1v) is 8.69. The van der Waals surface area contributed by atoms with Crippen LogP contribution in [0.15, 0.2) is 17.2 Å². The van der Waals surface area contributed by atoms with E-state index >= 15 is 0 Å². The van der Waals surface area contributed by atoms with E-state index in [-0.39, 0.29) is 23.0 Å². The molecule has 2 atom stereocenters. The van der Waals surface area contributed by atoms with Crippen LogP contribution < -0.4 is 0 Å². The fourth-order valence-electron chi connectivity index (χ4n) is 4.90. The van der Waals surface area contributed by atoms with Crippen molar-refractivity contribution in [2.45, 2.75) is 64.7 Å². The Morgan fingerprint density at radius 2 is 1.96 bits per heavy atom. The SMILES string of the molecule is CC1=C(C(=O)O)CCC2(C)c3c(O)cc(C(C)C)c(O)c3CCC12. The van der Waals surface area contributed by atoms with Crippen LogP contribution in [0.1, 0.15) is 69.6 Å². The summed E-state index contributed by atoms with van der Waals surface area (Å²) in [6.07, 6.45) is 2.65. The Morgan fingerprint density at radius 3 is 2.54 bits per heavy atom. The average molecular weight is 330 g/mol. The highest BCUT2D eigenvalue weighted by molar-refractivity contribution is 5.88. The third kappa shape index (κ3) is 2.23. The molecular weight excluding hydrogens is 304 g/mol. The van der Waals surface area contributed by atoms with Crippen molar-refractivity contribution in [1.29, 1.82) is 0 Å². The summed E-state index contributed by atoms with van der Waals surface area (Å²) in [5.74, 6) is -0.0469. The first-order chi connectivity index (χ1) is 11.2. The van der Waals surface area contributed by atoms with E-state index in [9.17, 15) is 20.1 Å². The minimum atomic E-state index is -0.831. The molecule has 2 aliphatic rings. The highest BCUT2D eigenvalue weighted by atomic mass is 16.4. The van der Waals surface area contributed by atoms with Gasteiger partial charge in [0.05, 0.1) is 0 Å². The maximum Gasteiger partial charge on any atom is 0.331 e. The van der Waals surface area contributed by atoms with Crippen LogP contribution in [-0.4, -0.2) is 21.3 Å². The molecule has 0 saturated carbocycles. The van der Waals surface area contributed by atoms with Crippen LogP contribution in [0.2, 0.25) is 0 Å². The van der Waals surface area contributed by atoms with Gasteiger partial charge in [0.15, 0.2) is 0 Å². The van der Waals surface area contributed by atoms with E-state index in [0.29, 0.717) is 30.6 Å². The summed E-state index contributed by atoms with van der Waals surface area (Å²) in [7, 11) is 0. The van der Waals surface area contributed by atoms with Crippen LogP contribution in [0.3, 0.4) is 0 Å². The Labute approximate surface area is 142 Å². The lowest BCUT2D eigenvalue weighted by Crippen LogP contribution is -2.41. The predicted molar refractivity (Wildman–Crippen MR) is 92.6 cm³/mol. The molecule has 2 aliphatic carbocycles. The van der Waals surface area contributed by atoms with Crippen molar-refractivity contribution in [1.82, 2.24) is 0 Å². The van der Waals surface area contributed by atoms with Crippen molar-refractivity contribution in [2.24, 2.45) is 5.92 Å². The van der Waals surface area contributed by atoms with Crippen LogP contribution in [0.25, 0.3) is 0 Å². The lowest BCUT2D eigenvalue weighted by Gasteiger charge is -2.47. The summed E-state index contributed by atoms with van der Waals surface area (Å²) in [6.45, 7) is 8.02. The second-order valence-electron chi connectivity index (χ2n) is 7.82. The summed E-state index contributed by atoms with van der Waals surface area (Å²) < 4.78 is 0. The van der Waals surface area contributed by atoms with Crippen molar-refractivity contribution in [3.8, 4) is 11.5 Å². The van der Waals surface area contributed by atoms with Gasteiger partial charge in [0.1, 0.15) is 11.5 Å². The number of phenols is 2. The summed E-state index contributed by atoms with van der Waals surface area (Å²) in [5, 5.41) is 30.9. The number of fused-ring (bicyclic) bond motifs is 3. The zero-order chi connectivity index (χ0) is 17.8. The topological polar surface area (TPSA) is 77.8 Å². The molecule has 4 nitrogen and oxygen atoms in total. The molecular formula is C20H26O4. The quantitative estimate of drug-likeness (QED) is 0.709. The molecule has 2 unspecified atom stereocenters. The minimum Gasteiger partial charge on any atom is -0.508 e. The van der Waals surface area contributed by atoms with Gasteiger partial charge in [0, 0.05) is 27.7 Å². The number of hydrogen-bond acceptors (Lipinski definition) is 3. The molecule has 4 heteroatoms. The van der Waals surface area contributed by atoms with Gasteiger partial charge in [0.25, 0.3) is 0 Å². The Kier molecular flexibility index (Phi) is 3.89. The standard InChI is InChI=1S/C20H26O4/c1-10(2)14-9-16(21)17-13(18(14)22)5-6-15-11(3)12(19(23)24)7-8-20(15,17)4/h9-10,15,21-22H,5-8H2,1-4H3,(H,23,24). The van der Waals surface area contributed by atoms with Gasteiger partial charge in [-0.1, -0.05) is 26.3 Å². The van der Waals surface area contributed by atoms with Crippen LogP contribution in [0.4, 0.5) is 0 Å². The van der Waals surface area contributed by atoms with E-state index < -0.39 is 5.97 Å². The Hall–Kier alpha value is -1.97. The van der Waals surface area contributed by atoms with Crippen molar-refractivity contribution in [3.63, 3.8) is 0 Å². The zero-order valence-electron chi connectivity index (χ0n) is 14.8. The maximum absolute atomic E-state index is 11.5. The Bertz CT molecular complexity index is 744. The summed E-state index contributed by atoms with van der Waals surface area (Å²) in [5.41, 5.74) is 3.57. The molecule has 0 aromatic heterocycles. The van der Waals surface area contributed by atoms with Crippen molar-refractivity contribution in [3.05, 3.63) is 33.9 Å². The van der Waals surface area contributed by atoms with Gasteiger partial charge in [0.2, 0.25) is 0 Å². The van der Waals surface area contributed by atoms with Crippen LogP contribution in [0.5, 0.6) is 11.5 Å². The van der Waals surface area contributed by atoms with E-state index in [4.69, 9.17) is 0 Å². The Morgan fingerprint density at radius 1 is 1.29 bits per heavy atom. The first-order valence-electron chi connectivity index (χ1n) is 8.69. The number of rotatable bonds is 2. The Balaban J connectivity index is 2.20. The molecule has 0 heterocycles. The molecule has 130 valence electrons. The molecule has 0 spiro atoms. The van der Waals surface area contributed by atoms with Crippen molar-refractivity contribution < 1.29 is 20.1 Å². The van der Waals surface area contributed by atoms with E-state index in [2.05, 4.69) is 6.92 Å². The highest BCUT2D eigenvalue weighted by Gasteiger charge is 2.47. The normalized spacial score (nSPS) is 26.3. The molecule has 0 amide bonds. The number of phenolic OH excluding ortho intramolecular Hbond substituents is 2. The molecule has 24 heavy (non-hydrogen) atoms. The molecule has 0 aliphatic heterocycles. The smallest absolute Gasteiger partial charge is 0.331 e. The van der Waals surface area contributed by atoms with Crippen molar-refractivity contribution in [2.75, 3.05) is 0 Å². The molecule has 0 radical (unpaired) electrons.